The molecule has 4 aromatic rings. The SMILES string of the molecule is CN(C)CCN(C)C(=O)c1ccc(-c2cnc3c(-c4ccccn4)c(N)nn3c2)cc1. The Hall–Kier alpha value is -3.78. The minimum atomic E-state index is 0.00169. The number of carbonyl (C=O) groups excluding carboxylic acids is 1. The molecule has 4 rings (SSSR count). The first-order valence-corrected chi connectivity index (χ1v) is 10.00. The third-order valence-electron chi connectivity index (χ3n) is 5.12. The summed E-state index contributed by atoms with van der Waals surface area (Å²) >= 11 is 0. The first-order valence-electron chi connectivity index (χ1n) is 10.00. The molecule has 0 spiro atoms. The van der Waals surface area contributed by atoms with Crippen molar-refractivity contribution >= 4 is 17.4 Å². The zero-order valence-corrected chi connectivity index (χ0v) is 17.9. The highest BCUT2D eigenvalue weighted by Crippen LogP contribution is 2.29. The molecular formula is C23H25N7O. The number of aromatic nitrogens is 4. The van der Waals surface area contributed by atoms with Gasteiger partial charge >= 0.3 is 0 Å². The van der Waals surface area contributed by atoms with Gasteiger partial charge in [0.05, 0.1) is 11.3 Å². The van der Waals surface area contributed by atoms with Crippen LogP contribution in [0.15, 0.2) is 61.1 Å². The van der Waals surface area contributed by atoms with Crippen LogP contribution >= 0.6 is 0 Å². The van der Waals surface area contributed by atoms with Gasteiger partial charge in [0.2, 0.25) is 0 Å². The van der Waals surface area contributed by atoms with E-state index in [1.54, 1.807) is 21.8 Å². The Morgan fingerprint density at radius 2 is 1.77 bits per heavy atom. The molecule has 1 amide bonds. The summed E-state index contributed by atoms with van der Waals surface area (Å²) in [6.45, 7) is 1.49. The number of anilines is 1. The molecule has 0 aliphatic rings. The first kappa shape index (κ1) is 20.5. The third-order valence-corrected chi connectivity index (χ3v) is 5.12. The van der Waals surface area contributed by atoms with Crippen LogP contribution in [-0.2, 0) is 0 Å². The summed E-state index contributed by atoms with van der Waals surface area (Å²) < 4.78 is 1.67. The number of nitrogen functional groups attached to an aromatic ring is 1. The van der Waals surface area contributed by atoms with Crippen LogP contribution in [0, 0.1) is 0 Å². The van der Waals surface area contributed by atoms with Crippen molar-refractivity contribution < 1.29 is 4.79 Å². The average Bonchev–Trinajstić information content (AvgIpc) is 3.12. The van der Waals surface area contributed by atoms with E-state index in [2.05, 4.69) is 20.0 Å². The minimum absolute atomic E-state index is 0.00169. The van der Waals surface area contributed by atoms with Crippen LogP contribution in [0.1, 0.15) is 10.4 Å². The van der Waals surface area contributed by atoms with Crippen molar-refractivity contribution in [1.29, 1.82) is 0 Å². The molecule has 3 heterocycles. The highest BCUT2D eigenvalue weighted by Gasteiger charge is 2.16. The topological polar surface area (TPSA) is 92.6 Å². The second kappa shape index (κ2) is 8.53. The highest BCUT2D eigenvalue weighted by atomic mass is 16.2. The second-order valence-corrected chi connectivity index (χ2v) is 7.69. The van der Waals surface area contributed by atoms with Crippen molar-refractivity contribution in [1.82, 2.24) is 29.4 Å². The maximum atomic E-state index is 12.6. The quantitative estimate of drug-likeness (QED) is 0.520. The van der Waals surface area contributed by atoms with Crippen molar-refractivity contribution in [2.24, 2.45) is 0 Å². The second-order valence-electron chi connectivity index (χ2n) is 7.69. The molecule has 0 aliphatic heterocycles. The number of rotatable bonds is 6. The fourth-order valence-corrected chi connectivity index (χ4v) is 3.33. The lowest BCUT2D eigenvalue weighted by molar-refractivity contribution is 0.0786. The van der Waals surface area contributed by atoms with Gasteiger partial charge in [0.1, 0.15) is 0 Å². The summed E-state index contributed by atoms with van der Waals surface area (Å²) in [5.74, 6) is 0.381. The van der Waals surface area contributed by atoms with Gasteiger partial charge in [-0.05, 0) is 43.9 Å². The van der Waals surface area contributed by atoms with E-state index in [0.29, 0.717) is 29.1 Å². The lowest BCUT2D eigenvalue weighted by Crippen LogP contribution is -2.33. The van der Waals surface area contributed by atoms with Gasteiger partial charge in [0.15, 0.2) is 11.5 Å². The van der Waals surface area contributed by atoms with E-state index in [9.17, 15) is 4.79 Å². The number of carbonyl (C=O) groups is 1. The molecule has 0 saturated heterocycles. The number of pyridine rings is 1. The summed E-state index contributed by atoms with van der Waals surface area (Å²) in [6.07, 6.45) is 5.38. The number of hydrogen-bond acceptors (Lipinski definition) is 6. The molecular weight excluding hydrogens is 390 g/mol. The predicted molar refractivity (Wildman–Crippen MR) is 122 cm³/mol. The van der Waals surface area contributed by atoms with E-state index in [1.165, 1.54) is 0 Å². The van der Waals surface area contributed by atoms with Gasteiger partial charge in [0, 0.05) is 49.9 Å². The van der Waals surface area contributed by atoms with Gasteiger partial charge in [-0.1, -0.05) is 18.2 Å². The van der Waals surface area contributed by atoms with E-state index in [-0.39, 0.29) is 5.91 Å². The molecule has 0 saturated carbocycles. The molecule has 0 bridgehead atoms. The van der Waals surface area contributed by atoms with E-state index in [4.69, 9.17) is 5.73 Å². The van der Waals surface area contributed by atoms with Crippen LogP contribution in [-0.4, -0.2) is 69.5 Å². The highest BCUT2D eigenvalue weighted by molar-refractivity contribution is 5.94. The molecule has 0 fully saturated rings. The molecule has 0 radical (unpaired) electrons. The molecule has 2 N–H and O–H groups in total. The number of amides is 1. The number of benzene rings is 1. The standard InChI is InChI=1S/C23H25N7O/c1-28(2)12-13-29(3)23(31)17-9-7-16(8-10-17)18-14-26-22-20(19-6-4-5-11-25-19)21(24)27-30(22)15-18/h4-11,14-15H,12-13H2,1-3H3,(H2,24,27). The minimum Gasteiger partial charge on any atom is -0.382 e. The van der Waals surface area contributed by atoms with Crippen molar-refractivity contribution in [3.8, 4) is 22.4 Å². The summed E-state index contributed by atoms with van der Waals surface area (Å²) in [5.41, 5.74) is 10.7. The van der Waals surface area contributed by atoms with Crippen LogP contribution in [0.4, 0.5) is 5.82 Å². The Labute approximate surface area is 181 Å². The van der Waals surface area contributed by atoms with Crippen LogP contribution in [0.2, 0.25) is 0 Å². The number of nitrogens with zero attached hydrogens (tertiary/aromatic N) is 6. The maximum absolute atomic E-state index is 12.6. The van der Waals surface area contributed by atoms with Gasteiger partial charge in [-0.2, -0.15) is 0 Å². The molecule has 0 aliphatic carbocycles. The molecule has 158 valence electrons. The largest absolute Gasteiger partial charge is 0.382 e. The number of likely N-dealkylation sites (N-methyl/N-ethyl adjacent to an activating group) is 2. The fourth-order valence-electron chi connectivity index (χ4n) is 3.33. The van der Waals surface area contributed by atoms with Crippen LogP contribution in [0.25, 0.3) is 28.0 Å². The zero-order chi connectivity index (χ0) is 22.0. The lowest BCUT2D eigenvalue weighted by Gasteiger charge is -2.19. The molecule has 8 nitrogen and oxygen atoms in total. The molecule has 8 heteroatoms. The Balaban J connectivity index is 1.59. The van der Waals surface area contributed by atoms with E-state index >= 15 is 0 Å². The monoisotopic (exact) mass is 415 g/mol. The van der Waals surface area contributed by atoms with Gasteiger partial charge in [-0.15, -0.1) is 5.10 Å². The number of nitrogens with two attached hydrogens (primary N) is 1. The summed E-state index contributed by atoms with van der Waals surface area (Å²) in [7, 11) is 5.80. The zero-order valence-electron chi connectivity index (χ0n) is 17.9. The van der Waals surface area contributed by atoms with E-state index in [1.807, 2.05) is 69.8 Å². The predicted octanol–water partition coefficient (Wildman–Crippen LogP) is 2.67. The van der Waals surface area contributed by atoms with Crippen molar-refractivity contribution in [2.45, 2.75) is 0 Å². The van der Waals surface area contributed by atoms with Gasteiger partial charge < -0.3 is 15.5 Å². The van der Waals surface area contributed by atoms with Gasteiger partial charge in [-0.3, -0.25) is 9.78 Å². The van der Waals surface area contributed by atoms with Gasteiger partial charge in [0.25, 0.3) is 5.91 Å². The van der Waals surface area contributed by atoms with Crippen molar-refractivity contribution in [3.63, 3.8) is 0 Å². The summed E-state index contributed by atoms with van der Waals surface area (Å²) in [4.78, 5) is 25.3. The Morgan fingerprint density at radius 3 is 2.45 bits per heavy atom. The first-order chi connectivity index (χ1) is 14.9. The van der Waals surface area contributed by atoms with Crippen LogP contribution in [0.3, 0.4) is 0 Å². The lowest BCUT2D eigenvalue weighted by atomic mass is 10.1. The fraction of sp³-hybridized carbons (Fsp3) is 0.217. The number of hydrogen-bond donors (Lipinski definition) is 1. The van der Waals surface area contributed by atoms with Crippen molar-refractivity contribution in [2.75, 3.05) is 40.0 Å². The maximum Gasteiger partial charge on any atom is 0.253 e. The van der Waals surface area contributed by atoms with Gasteiger partial charge in [-0.25, -0.2) is 9.50 Å². The number of fused-ring (bicyclic) bond motifs is 1. The van der Waals surface area contributed by atoms with Crippen LogP contribution in [0.5, 0.6) is 0 Å². The van der Waals surface area contributed by atoms with E-state index in [0.717, 1.165) is 23.4 Å². The average molecular weight is 416 g/mol. The molecule has 0 unspecified atom stereocenters. The summed E-state index contributed by atoms with van der Waals surface area (Å²) in [6, 6.07) is 13.2. The molecule has 31 heavy (non-hydrogen) atoms. The van der Waals surface area contributed by atoms with Crippen molar-refractivity contribution in [3.05, 3.63) is 66.6 Å². The van der Waals surface area contributed by atoms with E-state index < -0.39 is 0 Å². The smallest absolute Gasteiger partial charge is 0.253 e. The normalized spacial score (nSPS) is 11.2. The summed E-state index contributed by atoms with van der Waals surface area (Å²) in [5, 5.41) is 4.41. The Kier molecular flexibility index (Phi) is 5.64. The van der Waals surface area contributed by atoms with Crippen LogP contribution < -0.4 is 5.73 Å². The Bertz CT molecular complexity index is 1200. The Morgan fingerprint density at radius 1 is 1.00 bits per heavy atom. The molecule has 0 atom stereocenters. The molecule has 3 aromatic heterocycles. The molecule has 1 aromatic carbocycles. The third kappa shape index (κ3) is 4.24.